The SMILES string of the molecule is C=NC=Nc1cc(OCCOC)c(OCCOC)cc1-c1ccc(/C(C(=O)Nc2ccc(F)cc2)=C2\CCCCN2)cc1. The van der Waals surface area contributed by atoms with Crippen molar-refractivity contribution in [2.75, 3.05) is 52.5 Å². The Kier molecular flexibility index (Phi) is 11.8. The predicted octanol–water partition coefficient (Wildman–Crippen LogP) is 6.03. The maximum atomic E-state index is 13.6. The first-order valence-corrected chi connectivity index (χ1v) is 14.1. The molecule has 226 valence electrons. The molecule has 10 heteroatoms. The molecule has 9 nitrogen and oxygen atoms in total. The van der Waals surface area contributed by atoms with Crippen LogP contribution in [0.25, 0.3) is 16.7 Å². The van der Waals surface area contributed by atoms with Crippen molar-refractivity contribution in [3.63, 3.8) is 0 Å². The van der Waals surface area contributed by atoms with Crippen LogP contribution in [0.2, 0.25) is 0 Å². The fourth-order valence-electron chi connectivity index (χ4n) is 4.64. The quantitative estimate of drug-likeness (QED) is 0.103. The Morgan fingerprint density at radius 2 is 1.63 bits per heavy atom. The number of carbonyl (C=O) groups excluding carboxylic acids is 1. The smallest absolute Gasteiger partial charge is 0.258 e. The van der Waals surface area contributed by atoms with Gasteiger partial charge in [0.05, 0.1) is 24.5 Å². The zero-order valence-electron chi connectivity index (χ0n) is 24.5. The number of hydrogen-bond donors (Lipinski definition) is 2. The van der Waals surface area contributed by atoms with Crippen LogP contribution in [0.5, 0.6) is 11.5 Å². The molecule has 3 aromatic carbocycles. The minimum Gasteiger partial charge on any atom is -0.487 e. The molecule has 1 heterocycles. The van der Waals surface area contributed by atoms with Crippen LogP contribution >= 0.6 is 0 Å². The number of piperidine rings is 1. The second-order valence-electron chi connectivity index (χ2n) is 9.70. The number of benzene rings is 3. The van der Waals surface area contributed by atoms with Gasteiger partial charge < -0.3 is 29.6 Å². The highest BCUT2D eigenvalue weighted by molar-refractivity contribution is 6.26. The van der Waals surface area contributed by atoms with Gasteiger partial charge in [0.1, 0.15) is 25.4 Å². The van der Waals surface area contributed by atoms with E-state index in [0.29, 0.717) is 54.9 Å². The molecule has 0 unspecified atom stereocenters. The third-order valence-electron chi connectivity index (χ3n) is 6.74. The Bertz CT molecular complexity index is 1430. The van der Waals surface area contributed by atoms with Gasteiger partial charge in [0, 0.05) is 43.8 Å². The van der Waals surface area contributed by atoms with E-state index in [9.17, 15) is 9.18 Å². The first kappa shape index (κ1) is 31.4. The number of anilines is 1. The van der Waals surface area contributed by atoms with Gasteiger partial charge in [-0.15, -0.1) is 0 Å². The summed E-state index contributed by atoms with van der Waals surface area (Å²) in [6, 6.07) is 17.1. The van der Waals surface area contributed by atoms with Gasteiger partial charge in [-0.3, -0.25) is 9.79 Å². The molecule has 0 radical (unpaired) electrons. The number of methoxy groups -OCH3 is 2. The number of nitrogens with zero attached hydrogens (tertiary/aromatic N) is 2. The van der Waals surface area contributed by atoms with Crippen LogP contribution in [0.4, 0.5) is 15.8 Å². The zero-order chi connectivity index (χ0) is 30.4. The number of hydrogen-bond acceptors (Lipinski definition) is 7. The third kappa shape index (κ3) is 8.73. The molecular formula is C33H37FN4O5. The van der Waals surface area contributed by atoms with Gasteiger partial charge in [0.2, 0.25) is 0 Å². The van der Waals surface area contributed by atoms with E-state index in [1.165, 1.54) is 18.5 Å². The van der Waals surface area contributed by atoms with E-state index < -0.39 is 0 Å². The number of nitrogens with one attached hydrogen (secondary N) is 2. The van der Waals surface area contributed by atoms with Crippen LogP contribution in [-0.2, 0) is 14.3 Å². The third-order valence-corrected chi connectivity index (χ3v) is 6.74. The number of ether oxygens (including phenoxy) is 4. The van der Waals surface area contributed by atoms with Crippen LogP contribution in [0, 0.1) is 5.82 Å². The largest absolute Gasteiger partial charge is 0.487 e. The van der Waals surface area contributed by atoms with Crippen molar-refractivity contribution in [3.8, 4) is 22.6 Å². The van der Waals surface area contributed by atoms with E-state index in [-0.39, 0.29) is 11.7 Å². The van der Waals surface area contributed by atoms with Gasteiger partial charge in [0.25, 0.3) is 5.91 Å². The molecule has 2 N–H and O–H groups in total. The molecule has 1 fully saturated rings. The molecular weight excluding hydrogens is 551 g/mol. The van der Waals surface area contributed by atoms with Crippen molar-refractivity contribution in [2.45, 2.75) is 19.3 Å². The van der Waals surface area contributed by atoms with Crippen molar-refractivity contribution < 1.29 is 28.1 Å². The van der Waals surface area contributed by atoms with Gasteiger partial charge in [-0.1, -0.05) is 24.3 Å². The fourth-order valence-corrected chi connectivity index (χ4v) is 4.64. The summed E-state index contributed by atoms with van der Waals surface area (Å²) in [4.78, 5) is 21.8. The van der Waals surface area contributed by atoms with Crippen molar-refractivity contribution in [1.82, 2.24) is 5.32 Å². The molecule has 0 bridgehead atoms. The van der Waals surface area contributed by atoms with Crippen LogP contribution in [0.3, 0.4) is 0 Å². The molecule has 0 saturated carbocycles. The molecule has 43 heavy (non-hydrogen) atoms. The van der Waals surface area contributed by atoms with Gasteiger partial charge >= 0.3 is 0 Å². The Hall–Kier alpha value is -4.54. The topological polar surface area (TPSA) is 103 Å². The summed E-state index contributed by atoms with van der Waals surface area (Å²) < 4.78 is 35.6. The molecule has 1 aliphatic rings. The lowest BCUT2D eigenvalue weighted by molar-refractivity contribution is -0.111. The molecule has 0 spiro atoms. The summed E-state index contributed by atoms with van der Waals surface area (Å²) in [7, 11) is 3.22. The van der Waals surface area contributed by atoms with Crippen molar-refractivity contribution >= 4 is 35.9 Å². The lowest BCUT2D eigenvalue weighted by Crippen LogP contribution is -2.25. The van der Waals surface area contributed by atoms with Crippen LogP contribution in [-0.4, -0.2) is 66.2 Å². The van der Waals surface area contributed by atoms with Gasteiger partial charge in [0.15, 0.2) is 11.5 Å². The van der Waals surface area contributed by atoms with Crippen molar-refractivity contribution in [1.29, 1.82) is 0 Å². The van der Waals surface area contributed by atoms with Crippen LogP contribution < -0.4 is 20.1 Å². The van der Waals surface area contributed by atoms with E-state index in [1.54, 1.807) is 32.4 Å². The predicted molar refractivity (Wildman–Crippen MR) is 168 cm³/mol. The number of allylic oxidation sites excluding steroid dienone is 1. The van der Waals surface area contributed by atoms with Gasteiger partial charge in [-0.05, 0) is 67.4 Å². The first-order chi connectivity index (χ1) is 21.0. The number of rotatable bonds is 14. The van der Waals surface area contributed by atoms with Crippen LogP contribution in [0.1, 0.15) is 24.8 Å². The minimum atomic E-state index is -0.365. The normalized spacial score (nSPS) is 14.2. The van der Waals surface area contributed by atoms with E-state index in [1.807, 2.05) is 30.3 Å². The van der Waals surface area contributed by atoms with E-state index in [0.717, 1.165) is 48.2 Å². The molecule has 1 aliphatic heterocycles. The second kappa shape index (κ2) is 16.2. The highest BCUT2D eigenvalue weighted by Crippen LogP contribution is 2.41. The molecule has 1 amide bonds. The maximum absolute atomic E-state index is 13.6. The molecule has 0 aliphatic carbocycles. The highest BCUT2D eigenvalue weighted by Gasteiger charge is 2.21. The van der Waals surface area contributed by atoms with E-state index in [2.05, 4.69) is 27.3 Å². The number of aliphatic imine (C=N–C) groups is 2. The Balaban J connectivity index is 1.71. The van der Waals surface area contributed by atoms with E-state index in [4.69, 9.17) is 18.9 Å². The standard InChI is InChI=1S/C33H37FN4O5/c1-35-22-37-29-21-31(43-19-17-41-3)30(42-18-16-40-2)20-27(29)23-7-9-24(10-8-23)32(28-6-4-5-15-36-28)33(39)38-26-13-11-25(34)12-14-26/h7-14,20-22,36H,1,4-6,15-19H2,2-3H3,(H,38,39)/b32-28-,37-22?. The lowest BCUT2D eigenvalue weighted by Gasteiger charge is -2.22. The summed E-state index contributed by atoms with van der Waals surface area (Å²) in [5.41, 5.74) is 4.93. The minimum absolute atomic E-state index is 0.266. The lowest BCUT2D eigenvalue weighted by atomic mass is 9.95. The number of carbonyl (C=O) groups is 1. The van der Waals surface area contributed by atoms with E-state index >= 15 is 0 Å². The number of halogens is 1. The summed E-state index contributed by atoms with van der Waals surface area (Å²) in [5.74, 6) is 0.413. The highest BCUT2D eigenvalue weighted by atomic mass is 19.1. The summed E-state index contributed by atoms with van der Waals surface area (Å²) in [6.45, 7) is 5.78. The summed E-state index contributed by atoms with van der Waals surface area (Å²) >= 11 is 0. The van der Waals surface area contributed by atoms with Gasteiger partial charge in [-0.25, -0.2) is 9.38 Å². The van der Waals surface area contributed by atoms with Crippen molar-refractivity contribution in [3.05, 3.63) is 77.7 Å². The van der Waals surface area contributed by atoms with Crippen molar-refractivity contribution in [2.24, 2.45) is 9.98 Å². The summed E-state index contributed by atoms with van der Waals surface area (Å²) in [6.07, 6.45) is 4.15. The molecule has 0 aromatic heterocycles. The zero-order valence-corrected chi connectivity index (χ0v) is 24.5. The number of amides is 1. The molecule has 1 saturated heterocycles. The maximum Gasteiger partial charge on any atom is 0.258 e. The Morgan fingerprint density at radius 3 is 2.23 bits per heavy atom. The van der Waals surface area contributed by atoms with Crippen LogP contribution in [0.15, 0.2) is 76.3 Å². The molecule has 0 atom stereocenters. The summed E-state index contributed by atoms with van der Waals surface area (Å²) in [5, 5.41) is 6.32. The fraction of sp³-hybridized carbons (Fsp3) is 0.303. The average Bonchev–Trinajstić information content (AvgIpc) is 3.03. The Morgan fingerprint density at radius 1 is 0.953 bits per heavy atom. The second-order valence-corrected chi connectivity index (χ2v) is 9.70. The molecule has 3 aromatic rings. The first-order valence-electron chi connectivity index (χ1n) is 14.1. The van der Waals surface area contributed by atoms with Gasteiger partial charge in [-0.2, -0.15) is 0 Å². The Labute approximate surface area is 251 Å². The monoisotopic (exact) mass is 588 g/mol. The average molecular weight is 589 g/mol. The molecule has 4 rings (SSSR count).